The van der Waals surface area contributed by atoms with Gasteiger partial charge in [-0.15, -0.1) is 0 Å². The molecule has 1 fully saturated rings. The van der Waals surface area contributed by atoms with Crippen molar-refractivity contribution >= 4 is 61.2 Å². The van der Waals surface area contributed by atoms with Crippen LogP contribution in [-0.2, 0) is 24.3 Å². The lowest BCUT2D eigenvalue weighted by Gasteiger charge is -2.26. The van der Waals surface area contributed by atoms with Gasteiger partial charge in [0.1, 0.15) is 5.76 Å². The van der Waals surface area contributed by atoms with Crippen LogP contribution >= 0.6 is 27.5 Å². The van der Waals surface area contributed by atoms with Crippen molar-refractivity contribution in [2.45, 2.75) is 24.2 Å². The van der Waals surface area contributed by atoms with Crippen LogP contribution in [-0.4, -0.2) is 44.3 Å². The summed E-state index contributed by atoms with van der Waals surface area (Å²) in [4.78, 5) is 23.9. The Morgan fingerprint density at radius 1 is 1.19 bits per heavy atom. The highest BCUT2D eigenvalue weighted by Crippen LogP contribution is 2.28. The molecular formula is C20H20BrClN2O6S. The van der Waals surface area contributed by atoms with Crippen molar-refractivity contribution in [2.24, 2.45) is 0 Å². The highest BCUT2D eigenvalue weighted by atomic mass is 79.9. The maximum atomic E-state index is 12.8. The van der Waals surface area contributed by atoms with Gasteiger partial charge in [-0.1, -0.05) is 18.0 Å². The quantitative estimate of drug-likeness (QED) is 0.427. The number of ether oxygens (including phenoxy) is 1. The van der Waals surface area contributed by atoms with E-state index in [0.717, 1.165) is 25.3 Å². The lowest BCUT2D eigenvalue weighted by Crippen LogP contribution is -2.35. The fraction of sp³-hybridized carbons (Fsp3) is 0.300. The molecule has 31 heavy (non-hydrogen) atoms. The SMILES string of the molecule is O=C(COC(=O)/C=C/c1ccc(Br)o1)Nc1cc(S(=O)(=O)N2CCCCC2)ccc1Cl. The Labute approximate surface area is 193 Å². The molecule has 1 saturated heterocycles. The molecule has 1 amide bonds. The Morgan fingerprint density at radius 3 is 2.61 bits per heavy atom. The summed E-state index contributed by atoms with van der Waals surface area (Å²) in [6.45, 7) is 0.362. The Morgan fingerprint density at radius 2 is 1.94 bits per heavy atom. The molecule has 2 aromatic rings. The van der Waals surface area contributed by atoms with E-state index in [1.54, 1.807) is 12.1 Å². The third kappa shape index (κ3) is 6.42. The summed E-state index contributed by atoms with van der Waals surface area (Å²) < 4.78 is 37.7. The second-order valence-corrected chi connectivity index (χ2v) is 9.86. The molecule has 1 N–H and O–H groups in total. The highest BCUT2D eigenvalue weighted by Gasteiger charge is 2.26. The average molecular weight is 532 g/mol. The second-order valence-electron chi connectivity index (χ2n) is 6.74. The van der Waals surface area contributed by atoms with Gasteiger partial charge in [-0.05, 0) is 65.2 Å². The molecule has 0 bridgehead atoms. The number of hydrogen-bond donors (Lipinski definition) is 1. The molecule has 0 spiro atoms. The third-order valence-electron chi connectivity index (χ3n) is 4.49. The van der Waals surface area contributed by atoms with Gasteiger partial charge in [0.05, 0.1) is 15.6 Å². The molecule has 1 aromatic heterocycles. The van der Waals surface area contributed by atoms with Gasteiger partial charge in [0.25, 0.3) is 5.91 Å². The molecule has 8 nitrogen and oxygen atoms in total. The van der Waals surface area contributed by atoms with Crippen LogP contribution in [0.5, 0.6) is 0 Å². The molecule has 1 aliphatic rings. The molecule has 11 heteroatoms. The Hall–Kier alpha value is -2.14. The first-order chi connectivity index (χ1) is 14.8. The topological polar surface area (TPSA) is 106 Å². The van der Waals surface area contributed by atoms with Crippen molar-refractivity contribution in [1.82, 2.24) is 4.31 Å². The van der Waals surface area contributed by atoms with Gasteiger partial charge < -0.3 is 14.5 Å². The molecule has 0 saturated carbocycles. The Balaban J connectivity index is 1.60. The van der Waals surface area contributed by atoms with E-state index in [1.807, 2.05) is 0 Å². The van der Waals surface area contributed by atoms with Crippen molar-refractivity contribution in [3.05, 3.63) is 51.9 Å². The number of carbonyl (C=O) groups is 2. The Kier molecular flexibility index (Phi) is 7.93. The van der Waals surface area contributed by atoms with E-state index in [0.29, 0.717) is 23.5 Å². The van der Waals surface area contributed by atoms with Gasteiger partial charge in [-0.25, -0.2) is 13.2 Å². The predicted molar refractivity (Wildman–Crippen MR) is 119 cm³/mol. The van der Waals surface area contributed by atoms with Crippen LogP contribution in [0.25, 0.3) is 6.08 Å². The summed E-state index contributed by atoms with van der Waals surface area (Å²) in [6.07, 6.45) is 5.15. The number of amides is 1. The van der Waals surface area contributed by atoms with Crippen molar-refractivity contribution < 1.29 is 27.2 Å². The van der Waals surface area contributed by atoms with Crippen molar-refractivity contribution in [3.63, 3.8) is 0 Å². The second kappa shape index (κ2) is 10.4. The number of esters is 1. The van der Waals surface area contributed by atoms with Crippen LogP contribution in [0.1, 0.15) is 25.0 Å². The van der Waals surface area contributed by atoms with E-state index in [4.69, 9.17) is 20.8 Å². The molecule has 0 unspecified atom stereocenters. The van der Waals surface area contributed by atoms with Crippen LogP contribution in [0.4, 0.5) is 5.69 Å². The summed E-state index contributed by atoms with van der Waals surface area (Å²) >= 11 is 9.25. The molecule has 1 aliphatic heterocycles. The van der Waals surface area contributed by atoms with Gasteiger partial charge in [0, 0.05) is 19.2 Å². The van der Waals surface area contributed by atoms with Crippen LogP contribution in [0.15, 0.2) is 50.4 Å². The lowest BCUT2D eigenvalue weighted by molar-refractivity contribution is -0.142. The number of benzene rings is 1. The number of piperidine rings is 1. The van der Waals surface area contributed by atoms with Gasteiger partial charge in [-0.3, -0.25) is 4.79 Å². The van der Waals surface area contributed by atoms with E-state index in [-0.39, 0.29) is 15.6 Å². The van der Waals surface area contributed by atoms with Crippen LogP contribution in [0, 0.1) is 0 Å². The van der Waals surface area contributed by atoms with Gasteiger partial charge >= 0.3 is 5.97 Å². The number of hydrogen-bond acceptors (Lipinski definition) is 6. The molecule has 1 aromatic carbocycles. The maximum Gasteiger partial charge on any atom is 0.331 e. The van der Waals surface area contributed by atoms with Crippen LogP contribution in [0.3, 0.4) is 0 Å². The summed E-state index contributed by atoms with van der Waals surface area (Å²) in [7, 11) is -3.68. The summed E-state index contributed by atoms with van der Waals surface area (Å²) in [5.74, 6) is -0.959. The van der Waals surface area contributed by atoms with Crippen LogP contribution in [0.2, 0.25) is 5.02 Å². The number of nitrogens with one attached hydrogen (secondary N) is 1. The fourth-order valence-electron chi connectivity index (χ4n) is 2.95. The van der Waals surface area contributed by atoms with E-state index in [2.05, 4.69) is 21.2 Å². The molecular weight excluding hydrogens is 512 g/mol. The standard InChI is InChI=1S/C20H20BrClN2O6S/c21-18-8-4-14(30-18)5-9-20(26)29-13-19(25)23-17-12-15(6-7-16(17)22)31(27,28)24-10-2-1-3-11-24/h4-9,12H,1-3,10-11,13H2,(H,23,25)/b9-5+. The van der Waals surface area contributed by atoms with E-state index in [9.17, 15) is 18.0 Å². The fourth-order valence-corrected chi connectivity index (χ4v) is 4.98. The maximum absolute atomic E-state index is 12.8. The number of anilines is 1. The van der Waals surface area contributed by atoms with Crippen molar-refractivity contribution in [2.75, 3.05) is 25.0 Å². The zero-order chi connectivity index (χ0) is 22.4. The highest BCUT2D eigenvalue weighted by molar-refractivity contribution is 9.10. The van der Waals surface area contributed by atoms with Crippen molar-refractivity contribution in [1.29, 1.82) is 0 Å². The number of rotatable bonds is 7. The van der Waals surface area contributed by atoms with Crippen molar-refractivity contribution in [3.8, 4) is 0 Å². The number of carbonyl (C=O) groups excluding carboxylic acids is 2. The monoisotopic (exact) mass is 530 g/mol. The minimum absolute atomic E-state index is 0.0404. The zero-order valence-electron chi connectivity index (χ0n) is 16.3. The van der Waals surface area contributed by atoms with E-state index >= 15 is 0 Å². The first kappa shape index (κ1) is 23.5. The number of furan rings is 1. The number of halogens is 2. The van der Waals surface area contributed by atoms with Gasteiger partial charge in [0.2, 0.25) is 10.0 Å². The molecule has 0 radical (unpaired) electrons. The zero-order valence-corrected chi connectivity index (χ0v) is 19.5. The minimum atomic E-state index is -3.68. The third-order valence-corrected chi connectivity index (χ3v) is 7.14. The largest absolute Gasteiger partial charge is 0.452 e. The molecule has 2 heterocycles. The predicted octanol–water partition coefficient (Wildman–Crippen LogP) is 4.07. The lowest BCUT2D eigenvalue weighted by atomic mass is 10.2. The van der Waals surface area contributed by atoms with Gasteiger partial charge in [-0.2, -0.15) is 4.31 Å². The number of sulfonamides is 1. The summed E-state index contributed by atoms with van der Waals surface area (Å²) in [6, 6.07) is 7.43. The average Bonchev–Trinajstić information content (AvgIpc) is 3.18. The summed E-state index contributed by atoms with van der Waals surface area (Å²) in [5.41, 5.74) is 0.122. The van der Waals surface area contributed by atoms with Gasteiger partial charge in [0.15, 0.2) is 11.3 Å². The molecule has 3 rings (SSSR count). The smallest absolute Gasteiger partial charge is 0.331 e. The minimum Gasteiger partial charge on any atom is -0.452 e. The molecule has 0 atom stereocenters. The van der Waals surface area contributed by atoms with E-state index < -0.39 is 28.5 Å². The van der Waals surface area contributed by atoms with E-state index in [1.165, 1.54) is 28.6 Å². The first-order valence-corrected chi connectivity index (χ1v) is 12.1. The molecule has 166 valence electrons. The number of nitrogens with zero attached hydrogens (tertiary/aromatic N) is 1. The normalized spacial score (nSPS) is 15.2. The first-order valence-electron chi connectivity index (χ1n) is 9.45. The molecule has 0 aliphatic carbocycles. The summed E-state index contributed by atoms with van der Waals surface area (Å²) in [5, 5.41) is 2.65. The van der Waals surface area contributed by atoms with Crippen LogP contribution < -0.4 is 5.32 Å². The Bertz CT molecular complexity index is 1090.